The van der Waals surface area contributed by atoms with Crippen molar-refractivity contribution in [3.05, 3.63) is 58.9 Å². The van der Waals surface area contributed by atoms with Crippen LogP contribution in [0.25, 0.3) is 0 Å². The third-order valence-electron chi connectivity index (χ3n) is 2.92. The van der Waals surface area contributed by atoms with E-state index >= 15 is 0 Å². The second-order valence-electron chi connectivity index (χ2n) is 4.44. The number of pyridine rings is 1. The van der Waals surface area contributed by atoms with Crippen LogP contribution in [-0.2, 0) is 6.42 Å². The fourth-order valence-corrected chi connectivity index (χ4v) is 1.85. The summed E-state index contributed by atoms with van der Waals surface area (Å²) in [6.07, 6.45) is 0.256. The number of aromatic nitrogens is 1. The predicted molar refractivity (Wildman–Crippen MR) is 71.2 cm³/mol. The van der Waals surface area contributed by atoms with Crippen LogP contribution in [0.5, 0.6) is 0 Å². The maximum absolute atomic E-state index is 13.4. The van der Waals surface area contributed by atoms with E-state index in [0.29, 0.717) is 5.56 Å². The van der Waals surface area contributed by atoms with Crippen molar-refractivity contribution in [2.45, 2.75) is 6.42 Å². The molecule has 0 aliphatic heterocycles. The normalized spacial score (nSPS) is 10.5. The molecule has 0 saturated carbocycles. The zero-order valence-electron chi connectivity index (χ0n) is 11.2. The number of halogens is 4. The van der Waals surface area contributed by atoms with Gasteiger partial charge in [-0.3, -0.25) is 4.79 Å². The molecular formula is C14H11F4N3O. The van der Waals surface area contributed by atoms with E-state index in [1.54, 1.807) is 12.1 Å². The topological polar surface area (TPSA) is 68.0 Å². The molecule has 0 aliphatic rings. The number of primary amides is 1. The van der Waals surface area contributed by atoms with Crippen molar-refractivity contribution in [1.82, 2.24) is 4.98 Å². The Labute approximate surface area is 123 Å². The number of carbonyl (C=O) groups is 1. The highest BCUT2D eigenvalue weighted by Gasteiger charge is 2.20. The number of nitrogens with zero attached hydrogens (tertiary/aromatic N) is 1. The molecule has 2 rings (SSSR count). The van der Waals surface area contributed by atoms with Gasteiger partial charge < -0.3 is 11.1 Å². The number of hydrogen-bond acceptors (Lipinski definition) is 3. The van der Waals surface area contributed by atoms with E-state index < -0.39 is 35.1 Å². The number of nitrogens with two attached hydrogens (primary N) is 1. The zero-order valence-corrected chi connectivity index (χ0v) is 11.2. The highest BCUT2D eigenvalue weighted by Crippen LogP contribution is 2.21. The standard InChI is InChI=1S/C14H11F4N3O/c15-9-11(10(16)13(18)21-12(9)17)20-5-4-7-2-1-3-8(6-7)14(19)22/h1-3,6H,4-5H2,(H2,19,22)(H,20,21). The molecule has 1 heterocycles. The largest absolute Gasteiger partial charge is 0.380 e. The van der Waals surface area contributed by atoms with E-state index in [0.717, 1.165) is 0 Å². The first-order valence-corrected chi connectivity index (χ1v) is 6.22. The van der Waals surface area contributed by atoms with Gasteiger partial charge in [0.2, 0.25) is 17.5 Å². The number of hydrogen-bond donors (Lipinski definition) is 2. The van der Waals surface area contributed by atoms with Crippen molar-refractivity contribution < 1.29 is 22.4 Å². The van der Waals surface area contributed by atoms with Crippen molar-refractivity contribution in [2.75, 3.05) is 11.9 Å². The Morgan fingerprint density at radius 1 is 1.14 bits per heavy atom. The number of anilines is 1. The van der Waals surface area contributed by atoms with Gasteiger partial charge in [-0.1, -0.05) is 12.1 Å². The number of nitrogens with one attached hydrogen (secondary N) is 1. The van der Waals surface area contributed by atoms with E-state index in [1.807, 2.05) is 0 Å². The SMILES string of the molecule is NC(=O)c1cccc(CCNc2c(F)c(F)nc(F)c2F)c1. The lowest BCUT2D eigenvalue weighted by atomic mass is 10.1. The Bertz CT molecular complexity index is 695. The molecule has 4 nitrogen and oxygen atoms in total. The lowest BCUT2D eigenvalue weighted by molar-refractivity contribution is 0.1000. The lowest BCUT2D eigenvalue weighted by Gasteiger charge is -2.09. The van der Waals surface area contributed by atoms with Gasteiger partial charge >= 0.3 is 0 Å². The predicted octanol–water partition coefficient (Wildman–Crippen LogP) is 2.39. The fourth-order valence-electron chi connectivity index (χ4n) is 1.85. The molecule has 22 heavy (non-hydrogen) atoms. The first-order chi connectivity index (χ1) is 10.4. The van der Waals surface area contributed by atoms with E-state index in [1.165, 1.54) is 12.1 Å². The molecule has 0 unspecified atom stereocenters. The minimum atomic E-state index is -1.72. The van der Waals surface area contributed by atoms with Crippen LogP contribution in [0.3, 0.4) is 0 Å². The Morgan fingerprint density at radius 3 is 2.36 bits per heavy atom. The summed E-state index contributed by atoms with van der Waals surface area (Å²) in [6, 6.07) is 6.31. The molecule has 1 amide bonds. The Balaban J connectivity index is 2.09. The first-order valence-electron chi connectivity index (χ1n) is 6.22. The van der Waals surface area contributed by atoms with Crippen LogP contribution in [0.2, 0.25) is 0 Å². The molecule has 1 aromatic heterocycles. The molecule has 0 bridgehead atoms. The van der Waals surface area contributed by atoms with Crippen LogP contribution in [0.4, 0.5) is 23.2 Å². The maximum atomic E-state index is 13.4. The molecule has 0 atom stereocenters. The monoisotopic (exact) mass is 313 g/mol. The fraction of sp³-hybridized carbons (Fsp3) is 0.143. The van der Waals surface area contributed by atoms with Crippen molar-refractivity contribution in [3.63, 3.8) is 0 Å². The van der Waals surface area contributed by atoms with Gasteiger partial charge in [0.1, 0.15) is 5.69 Å². The summed E-state index contributed by atoms with van der Waals surface area (Å²) < 4.78 is 52.6. The quantitative estimate of drug-likeness (QED) is 0.658. The van der Waals surface area contributed by atoms with Crippen LogP contribution in [-0.4, -0.2) is 17.4 Å². The molecule has 0 spiro atoms. The van der Waals surface area contributed by atoms with Gasteiger partial charge in [-0.2, -0.15) is 22.5 Å². The van der Waals surface area contributed by atoms with Gasteiger partial charge in [-0.25, -0.2) is 0 Å². The molecule has 2 aromatic rings. The summed E-state index contributed by atoms with van der Waals surface area (Å²) in [5.74, 6) is -7.24. The zero-order chi connectivity index (χ0) is 16.3. The number of amides is 1. The summed E-state index contributed by atoms with van der Waals surface area (Å²) in [7, 11) is 0. The minimum Gasteiger partial charge on any atom is -0.380 e. The second-order valence-corrected chi connectivity index (χ2v) is 4.44. The molecule has 0 radical (unpaired) electrons. The first kappa shape index (κ1) is 15.7. The molecule has 1 aromatic carbocycles. The average molecular weight is 313 g/mol. The molecule has 8 heteroatoms. The molecule has 0 aliphatic carbocycles. The minimum absolute atomic E-state index is 0.0149. The lowest BCUT2D eigenvalue weighted by Crippen LogP contribution is -2.13. The van der Waals surface area contributed by atoms with Crippen LogP contribution in [0, 0.1) is 23.5 Å². The second kappa shape index (κ2) is 6.42. The Kier molecular flexibility index (Phi) is 4.59. The highest BCUT2D eigenvalue weighted by atomic mass is 19.2. The van der Waals surface area contributed by atoms with Crippen LogP contribution < -0.4 is 11.1 Å². The smallest absolute Gasteiger partial charge is 0.253 e. The Morgan fingerprint density at radius 2 is 1.77 bits per heavy atom. The molecule has 3 N–H and O–H groups in total. The van der Waals surface area contributed by atoms with Gasteiger partial charge in [0.05, 0.1) is 0 Å². The van der Waals surface area contributed by atoms with Gasteiger partial charge in [-0.05, 0) is 24.1 Å². The van der Waals surface area contributed by atoms with E-state index in [4.69, 9.17) is 5.73 Å². The van der Waals surface area contributed by atoms with Crippen molar-refractivity contribution >= 4 is 11.6 Å². The van der Waals surface area contributed by atoms with Crippen molar-refractivity contribution in [1.29, 1.82) is 0 Å². The summed E-state index contributed by atoms with van der Waals surface area (Å²) >= 11 is 0. The maximum Gasteiger partial charge on any atom is 0.253 e. The van der Waals surface area contributed by atoms with Crippen molar-refractivity contribution in [3.8, 4) is 0 Å². The molecule has 0 fully saturated rings. The van der Waals surface area contributed by atoms with Crippen molar-refractivity contribution in [2.24, 2.45) is 5.73 Å². The molecule has 116 valence electrons. The Hall–Kier alpha value is -2.64. The van der Waals surface area contributed by atoms with Gasteiger partial charge in [0.15, 0.2) is 0 Å². The number of carbonyl (C=O) groups excluding carboxylic acids is 1. The average Bonchev–Trinajstić information content (AvgIpc) is 2.49. The molecular weight excluding hydrogens is 302 g/mol. The third-order valence-corrected chi connectivity index (χ3v) is 2.92. The highest BCUT2D eigenvalue weighted by molar-refractivity contribution is 5.92. The number of benzene rings is 1. The summed E-state index contributed by atoms with van der Waals surface area (Å²) in [6.45, 7) is -0.0149. The van der Waals surface area contributed by atoms with E-state index in [-0.39, 0.29) is 18.5 Å². The summed E-state index contributed by atoms with van der Waals surface area (Å²) in [5, 5.41) is 2.27. The van der Waals surface area contributed by atoms with Gasteiger partial charge in [0, 0.05) is 12.1 Å². The third kappa shape index (κ3) is 3.33. The van der Waals surface area contributed by atoms with Crippen LogP contribution >= 0.6 is 0 Å². The van der Waals surface area contributed by atoms with Crippen LogP contribution in [0.15, 0.2) is 24.3 Å². The van der Waals surface area contributed by atoms with E-state index in [2.05, 4.69) is 10.3 Å². The summed E-state index contributed by atoms with van der Waals surface area (Å²) in [4.78, 5) is 13.5. The van der Waals surface area contributed by atoms with Gasteiger partial charge in [0.25, 0.3) is 11.9 Å². The van der Waals surface area contributed by atoms with Gasteiger partial charge in [-0.15, -0.1) is 0 Å². The number of rotatable bonds is 5. The van der Waals surface area contributed by atoms with Crippen LogP contribution in [0.1, 0.15) is 15.9 Å². The summed E-state index contributed by atoms with van der Waals surface area (Å²) in [5.41, 5.74) is 5.17. The van der Waals surface area contributed by atoms with E-state index in [9.17, 15) is 22.4 Å². The molecule has 0 saturated heterocycles.